The van der Waals surface area contributed by atoms with Gasteiger partial charge in [0.15, 0.2) is 0 Å². The van der Waals surface area contributed by atoms with Gasteiger partial charge < -0.3 is 15.0 Å². The van der Waals surface area contributed by atoms with Crippen LogP contribution in [0.5, 0.6) is 5.75 Å². The third-order valence-corrected chi connectivity index (χ3v) is 4.54. The second-order valence-corrected chi connectivity index (χ2v) is 6.16. The molecule has 3 amide bonds. The molecule has 0 aliphatic carbocycles. The molecule has 2 aliphatic rings. The highest BCUT2D eigenvalue weighted by atomic mass is 16.5. The van der Waals surface area contributed by atoms with Crippen LogP contribution in [-0.2, 0) is 4.79 Å². The van der Waals surface area contributed by atoms with Crippen molar-refractivity contribution in [3.8, 4) is 5.75 Å². The maximum Gasteiger partial charge on any atom is 0.324 e. The quantitative estimate of drug-likeness (QED) is 0.860. The SMILES string of the molecule is CNC(=O)C1CCN(C(=O)N2CC(C)Oc3ccccc32)CC1. The molecule has 0 radical (unpaired) electrons. The summed E-state index contributed by atoms with van der Waals surface area (Å²) in [7, 11) is 1.66. The summed E-state index contributed by atoms with van der Waals surface area (Å²) in [5.41, 5.74) is 0.823. The summed E-state index contributed by atoms with van der Waals surface area (Å²) < 4.78 is 5.80. The minimum atomic E-state index is -0.0303. The highest BCUT2D eigenvalue weighted by molar-refractivity contribution is 5.94. The van der Waals surface area contributed by atoms with Crippen molar-refractivity contribution in [3.05, 3.63) is 24.3 Å². The van der Waals surface area contributed by atoms with E-state index < -0.39 is 0 Å². The maximum atomic E-state index is 12.9. The van der Waals surface area contributed by atoms with Gasteiger partial charge in [0.2, 0.25) is 5.91 Å². The van der Waals surface area contributed by atoms with Gasteiger partial charge in [0.05, 0.1) is 12.2 Å². The van der Waals surface area contributed by atoms with Crippen LogP contribution >= 0.6 is 0 Å². The topological polar surface area (TPSA) is 61.9 Å². The Morgan fingerprint density at radius 2 is 1.91 bits per heavy atom. The van der Waals surface area contributed by atoms with E-state index in [0.29, 0.717) is 32.5 Å². The molecule has 0 saturated carbocycles. The predicted molar refractivity (Wildman–Crippen MR) is 87.6 cm³/mol. The summed E-state index contributed by atoms with van der Waals surface area (Å²) >= 11 is 0. The molecular weight excluding hydrogens is 294 g/mol. The standard InChI is InChI=1S/C17H23N3O3/c1-12-11-20(14-5-3-4-6-15(14)23-12)17(22)19-9-7-13(8-10-19)16(21)18-2/h3-6,12-13H,7-11H2,1-2H3,(H,18,21). The lowest BCUT2D eigenvalue weighted by molar-refractivity contribution is -0.125. The van der Waals surface area contributed by atoms with Gasteiger partial charge in [-0.3, -0.25) is 9.69 Å². The van der Waals surface area contributed by atoms with E-state index in [-0.39, 0.29) is 24.0 Å². The van der Waals surface area contributed by atoms with Gasteiger partial charge in [-0.1, -0.05) is 12.1 Å². The summed E-state index contributed by atoms with van der Waals surface area (Å²) in [5, 5.41) is 2.69. The molecule has 6 heteroatoms. The van der Waals surface area contributed by atoms with Crippen LogP contribution in [0.4, 0.5) is 10.5 Å². The molecule has 1 N–H and O–H groups in total. The number of likely N-dealkylation sites (tertiary alicyclic amines) is 1. The van der Waals surface area contributed by atoms with Gasteiger partial charge in [0, 0.05) is 26.1 Å². The molecule has 1 aromatic carbocycles. The number of para-hydroxylation sites is 2. The van der Waals surface area contributed by atoms with Gasteiger partial charge in [-0.25, -0.2) is 4.79 Å². The van der Waals surface area contributed by atoms with E-state index in [2.05, 4.69) is 5.32 Å². The van der Waals surface area contributed by atoms with Gasteiger partial charge in [-0.15, -0.1) is 0 Å². The Labute approximate surface area is 136 Å². The van der Waals surface area contributed by atoms with Crippen molar-refractivity contribution in [2.45, 2.75) is 25.9 Å². The van der Waals surface area contributed by atoms with Crippen LogP contribution in [0.3, 0.4) is 0 Å². The lowest BCUT2D eigenvalue weighted by Crippen LogP contribution is -2.51. The third kappa shape index (κ3) is 3.11. The largest absolute Gasteiger partial charge is 0.487 e. The molecular formula is C17H23N3O3. The minimum absolute atomic E-state index is 0.00274. The van der Waals surface area contributed by atoms with Crippen LogP contribution in [0.2, 0.25) is 0 Å². The minimum Gasteiger partial charge on any atom is -0.487 e. The number of nitrogens with zero attached hydrogens (tertiary/aromatic N) is 2. The number of anilines is 1. The molecule has 124 valence electrons. The van der Waals surface area contributed by atoms with Gasteiger partial charge in [0.1, 0.15) is 11.9 Å². The molecule has 0 spiro atoms. The zero-order chi connectivity index (χ0) is 16.4. The normalized spacial score (nSPS) is 21.4. The van der Waals surface area contributed by atoms with Crippen LogP contribution in [0, 0.1) is 5.92 Å². The number of ether oxygens (including phenoxy) is 1. The zero-order valence-corrected chi connectivity index (χ0v) is 13.6. The second-order valence-electron chi connectivity index (χ2n) is 6.16. The van der Waals surface area contributed by atoms with E-state index in [9.17, 15) is 9.59 Å². The van der Waals surface area contributed by atoms with E-state index >= 15 is 0 Å². The highest BCUT2D eigenvalue weighted by Crippen LogP contribution is 2.34. The van der Waals surface area contributed by atoms with Gasteiger partial charge in [0.25, 0.3) is 0 Å². The lowest BCUT2D eigenvalue weighted by atomic mass is 9.96. The Bertz CT molecular complexity index is 597. The Balaban J connectivity index is 1.71. The number of benzene rings is 1. The summed E-state index contributed by atoms with van der Waals surface area (Å²) in [4.78, 5) is 28.3. The smallest absolute Gasteiger partial charge is 0.324 e. The molecule has 0 aromatic heterocycles. The van der Waals surface area contributed by atoms with Crippen molar-refractivity contribution in [1.29, 1.82) is 0 Å². The average molecular weight is 317 g/mol. The predicted octanol–water partition coefficient (Wildman–Crippen LogP) is 1.85. The molecule has 2 aliphatic heterocycles. The lowest BCUT2D eigenvalue weighted by Gasteiger charge is -2.39. The van der Waals surface area contributed by atoms with Crippen LogP contribution in [0.1, 0.15) is 19.8 Å². The zero-order valence-electron chi connectivity index (χ0n) is 13.6. The van der Waals surface area contributed by atoms with E-state index in [1.54, 1.807) is 11.9 Å². The van der Waals surface area contributed by atoms with E-state index in [0.717, 1.165) is 11.4 Å². The first-order valence-electron chi connectivity index (χ1n) is 8.14. The van der Waals surface area contributed by atoms with Gasteiger partial charge in [-0.05, 0) is 31.9 Å². The number of rotatable bonds is 1. The number of nitrogens with one attached hydrogen (secondary N) is 1. The molecule has 1 fully saturated rings. The number of carbonyl (C=O) groups is 2. The van der Waals surface area contributed by atoms with Gasteiger partial charge >= 0.3 is 6.03 Å². The Morgan fingerprint density at radius 1 is 1.22 bits per heavy atom. The first-order valence-corrected chi connectivity index (χ1v) is 8.14. The molecule has 0 bridgehead atoms. The van der Waals surface area contributed by atoms with Crippen molar-refractivity contribution in [2.24, 2.45) is 5.92 Å². The van der Waals surface area contributed by atoms with E-state index in [1.165, 1.54) is 0 Å². The van der Waals surface area contributed by atoms with E-state index in [1.807, 2.05) is 36.1 Å². The number of piperidine rings is 1. The number of fused-ring (bicyclic) bond motifs is 1. The molecule has 2 heterocycles. The third-order valence-electron chi connectivity index (χ3n) is 4.54. The van der Waals surface area contributed by atoms with Gasteiger partial charge in [-0.2, -0.15) is 0 Å². The molecule has 1 unspecified atom stereocenters. The van der Waals surface area contributed by atoms with E-state index in [4.69, 9.17) is 4.74 Å². The number of urea groups is 1. The Morgan fingerprint density at radius 3 is 2.61 bits per heavy atom. The van der Waals surface area contributed by atoms with Crippen molar-refractivity contribution in [1.82, 2.24) is 10.2 Å². The highest BCUT2D eigenvalue weighted by Gasteiger charge is 2.33. The van der Waals surface area contributed by atoms with Crippen molar-refractivity contribution in [3.63, 3.8) is 0 Å². The fourth-order valence-corrected chi connectivity index (χ4v) is 3.28. The van der Waals surface area contributed by atoms with Crippen LogP contribution in [0.15, 0.2) is 24.3 Å². The Kier molecular flexibility index (Phi) is 4.41. The first kappa shape index (κ1) is 15.6. The Hall–Kier alpha value is -2.24. The van der Waals surface area contributed by atoms with Crippen LogP contribution < -0.4 is 15.0 Å². The van der Waals surface area contributed by atoms with Crippen molar-refractivity contribution < 1.29 is 14.3 Å². The monoisotopic (exact) mass is 317 g/mol. The second kappa shape index (κ2) is 6.48. The summed E-state index contributed by atoms with van der Waals surface area (Å²) in [6.07, 6.45) is 1.40. The summed E-state index contributed by atoms with van der Waals surface area (Å²) in [6.45, 7) is 3.74. The average Bonchev–Trinajstić information content (AvgIpc) is 2.59. The molecule has 1 atom stereocenters. The van der Waals surface area contributed by atoms with Crippen LogP contribution in [0.25, 0.3) is 0 Å². The molecule has 6 nitrogen and oxygen atoms in total. The van der Waals surface area contributed by atoms with Crippen LogP contribution in [-0.4, -0.2) is 49.6 Å². The molecule has 1 aromatic rings. The summed E-state index contributed by atoms with van der Waals surface area (Å²) in [5.74, 6) is 0.835. The molecule has 23 heavy (non-hydrogen) atoms. The fourth-order valence-electron chi connectivity index (χ4n) is 3.28. The summed E-state index contributed by atoms with van der Waals surface area (Å²) in [6, 6.07) is 7.63. The maximum absolute atomic E-state index is 12.9. The number of hydrogen-bond acceptors (Lipinski definition) is 3. The number of hydrogen-bond donors (Lipinski definition) is 1. The van der Waals surface area contributed by atoms with Crippen molar-refractivity contribution in [2.75, 3.05) is 31.6 Å². The fraction of sp³-hybridized carbons (Fsp3) is 0.529. The molecule has 1 saturated heterocycles. The first-order chi connectivity index (χ1) is 11.1. The van der Waals surface area contributed by atoms with Crippen molar-refractivity contribution >= 4 is 17.6 Å². The molecule has 3 rings (SSSR count). The number of carbonyl (C=O) groups excluding carboxylic acids is 2. The number of amides is 3.